The van der Waals surface area contributed by atoms with Crippen LogP contribution in [0.3, 0.4) is 0 Å². The van der Waals surface area contributed by atoms with E-state index in [1.165, 1.54) is 24.3 Å². The third-order valence-corrected chi connectivity index (χ3v) is 3.69. The van der Waals surface area contributed by atoms with Gasteiger partial charge in [-0.3, -0.25) is 0 Å². The molecule has 0 atom stereocenters. The van der Waals surface area contributed by atoms with Crippen LogP contribution in [0.15, 0.2) is 24.3 Å². The van der Waals surface area contributed by atoms with Crippen molar-refractivity contribution in [1.29, 1.82) is 0 Å². The first-order chi connectivity index (χ1) is 10.0. The zero-order valence-corrected chi connectivity index (χ0v) is 10.9. The Morgan fingerprint density at radius 1 is 1.05 bits per heavy atom. The number of hydrogen-bond donors (Lipinski definition) is 0. The molecule has 1 aliphatic heterocycles. The second-order valence-corrected chi connectivity index (χ2v) is 4.88. The van der Waals surface area contributed by atoms with E-state index in [0.29, 0.717) is 24.2 Å². The number of aromatic carboxylic acids is 2. The molecule has 5 nitrogen and oxygen atoms in total. The van der Waals surface area contributed by atoms with Crippen LogP contribution in [-0.2, 0) is 13.0 Å². The highest BCUT2D eigenvalue weighted by molar-refractivity contribution is 6.06. The number of benzene rings is 1. The van der Waals surface area contributed by atoms with Gasteiger partial charge < -0.3 is 24.4 Å². The predicted molar refractivity (Wildman–Crippen MR) is 66.8 cm³/mol. The second-order valence-electron chi connectivity index (χ2n) is 4.88. The maximum absolute atomic E-state index is 13.0. The fourth-order valence-electron chi connectivity index (χ4n) is 2.91. The van der Waals surface area contributed by atoms with Crippen molar-refractivity contribution in [3.8, 4) is 11.3 Å². The number of carbonyl (C=O) groups excluding carboxylic acids is 2. The van der Waals surface area contributed by atoms with Gasteiger partial charge in [0.2, 0.25) is 0 Å². The highest BCUT2D eigenvalue weighted by atomic mass is 19.1. The summed E-state index contributed by atoms with van der Waals surface area (Å²) in [5.74, 6) is -3.56. The van der Waals surface area contributed by atoms with Crippen LogP contribution in [0.5, 0.6) is 0 Å². The quantitative estimate of drug-likeness (QED) is 0.793. The topological polar surface area (TPSA) is 85.2 Å². The minimum atomic E-state index is -1.57. The third kappa shape index (κ3) is 1.99. The van der Waals surface area contributed by atoms with Crippen molar-refractivity contribution >= 4 is 11.9 Å². The van der Waals surface area contributed by atoms with E-state index in [-0.39, 0.29) is 11.3 Å². The molecule has 2 aromatic rings. The normalized spacial score (nSPS) is 13.2. The van der Waals surface area contributed by atoms with Crippen LogP contribution in [-0.4, -0.2) is 16.5 Å². The molecule has 0 amide bonds. The molecule has 0 N–H and O–H groups in total. The van der Waals surface area contributed by atoms with Gasteiger partial charge in [-0.1, -0.05) is 0 Å². The molecular formula is C15H10FNO4-2. The minimum Gasteiger partial charge on any atom is -0.545 e. The molecule has 0 radical (unpaired) electrons. The summed E-state index contributed by atoms with van der Waals surface area (Å²) < 4.78 is 14.7. The fraction of sp³-hybridized carbons (Fsp3) is 0.200. The maximum atomic E-state index is 13.0. The van der Waals surface area contributed by atoms with Crippen LogP contribution >= 0.6 is 0 Å². The Balaban J connectivity index is 2.33. The van der Waals surface area contributed by atoms with Crippen LogP contribution in [0.2, 0.25) is 0 Å². The largest absolute Gasteiger partial charge is 0.545 e. The number of carboxylic acid groups (broad SMARTS) is 2. The summed E-state index contributed by atoms with van der Waals surface area (Å²) in [5.41, 5.74) is 0.379. The molecule has 1 aromatic heterocycles. The van der Waals surface area contributed by atoms with Crippen LogP contribution in [0, 0.1) is 5.82 Å². The number of rotatable bonds is 3. The van der Waals surface area contributed by atoms with Crippen LogP contribution in [0.4, 0.5) is 4.39 Å². The average molecular weight is 287 g/mol. The Morgan fingerprint density at radius 2 is 1.67 bits per heavy atom. The molecule has 0 aliphatic carbocycles. The zero-order chi connectivity index (χ0) is 15.1. The molecule has 0 fully saturated rings. The molecule has 0 saturated heterocycles. The van der Waals surface area contributed by atoms with E-state index in [2.05, 4.69) is 0 Å². The van der Waals surface area contributed by atoms with Gasteiger partial charge in [0.1, 0.15) is 5.82 Å². The van der Waals surface area contributed by atoms with E-state index in [1.807, 2.05) is 0 Å². The fourth-order valence-corrected chi connectivity index (χ4v) is 2.91. The molecule has 1 aromatic carbocycles. The lowest BCUT2D eigenvalue weighted by atomic mass is 10.0. The highest BCUT2D eigenvalue weighted by Crippen LogP contribution is 2.35. The van der Waals surface area contributed by atoms with Gasteiger partial charge in [-0.2, -0.15) is 0 Å². The molecular weight excluding hydrogens is 277 g/mol. The molecule has 108 valence electrons. The van der Waals surface area contributed by atoms with E-state index >= 15 is 0 Å². The van der Waals surface area contributed by atoms with E-state index in [1.54, 1.807) is 4.57 Å². The van der Waals surface area contributed by atoms with Crippen LogP contribution in [0.1, 0.15) is 32.8 Å². The summed E-state index contributed by atoms with van der Waals surface area (Å²) in [5, 5.41) is 22.7. The van der Waals surface area contributed by atoms with E-state index in [0.717, 1.165) is 6.42 Å². The first kappa shape index (κ1) is 13.4. The molecule has 6 heteroatoms. The number of carbonyl (C=O) groups is 2. The molecule has 3 rings (SSSR count). The SMILES string of the molecule is O=C([O-])c1c(C(=O)[O-])c(-c2ccc(F)cc2)n2c1CCC2. The van der Waals surface area contributed by atoms with Crippen molar-refractivity contribution in [2.24, 2.45) is 0 Å². The lowest BCUT2D eigenvalue weighted by molar-refractivity contribution is -0.259. The lowest BCUT2D eigenvalue weighted by Crippen LogP contribution is -2.30. The number of nitrogens with zero attached hydrogens (tertiary/aromatic N) is 1. The summed E-state index contributed by atoms with van der Waals surface area (Å²) in [4.78, 5) is 22.7. The standard InChI is InChI=1S/C15H12FNO4/c16-9-5-3-8(4-6-9)13-12(15(20)21)11(14(18)19)10-2-1-7-17(10)13/h3-6H,1-2,7H2,(H,18,19)(H,20,21)/p-2. The number of halogens is 1. The lowest BCUT2D eigenvalue weighted by Gasteiger charge is -2.12. The molecule has 21 heavy (non-hydrogen) atoms. The average Bonchev–Trinajstić information content (AvgIpc) is 2.98. The minimum absolute atomic E-state index is 0.238. The van der Waals surface area contributed by atoms with Gasteiger partial charge in [0.05, 0.1) is 17.6 Å². The molecule has 0 saturated carbocycles. The van der Waals surface area contributed by atoms with Crippen molar-refractivity contribution in [1.82, 2.24) is 4.57 Å². The Bertz CT molecular complexity index is 746. The number of aromatic nitrogens is 1. The van der Waals surface area contributed by atoms with Crippen molar-refractivity contribution < 1.29 is 24.2 Å². The molecule has 0 spiro atoms. The summed E-state index contributed by atoms with van der Waals surface area (Å²) in [6.07, 6.45) is 1.18. The van der Waals surface area contributed by atoms with Gasteiger partial charge in [0, 0.05) is 23.4 Å². The number of carboxylic acids is 2. The Labute approximate surface area is 119 Å². The van der Waals surface area contributed by atoms with Crippen LogP contribution < -0.4 is 10.2 Å². The second kappa shape index (κ2) is 4.73. The number of hydrogen-bond acceptors (Lipinski definition) is 4. The van der Waals surface area contributed by atoms with Crippen molar-refractivity contribution in [3.63, 3.8) is 0 Å². The van der Waals surface area contributed by atoms with Gasteiger partial charge in [-0.25, -0.2) is 4.39 Å². The van der Waals surface area contributed by atoms with Crippen molar-refractivity contribution in [3.05, 3.63) is 46.9 Å². The maximum Gasteiger partial charge on any atom is 0.123 e. The van der Waals surface area contributed by atoms with Crippen molar-refractivity contribution in [2.75, 3.05) is 0 Å². The van der Waals surface area contributed by atoms with Gasteiger partial charge in [-0.05, 0) is 42.7 Å². The monoisotopic (exact) mass is 287 g/mol. The van der Waals surface area contributed by atoms with Gasteiger partial charge in [0.15, 0.2) is 0 Å². The smallest absolute Gasteiger partial charge is 0.123 e. The summed E-state index contributed by atoms with van der Waals surface area (Å²) in [7, 11) is 0. The third-order valence-electron chi connectivity index (χ3n) is 3.69. The van der Waals surface area contributed by atoms with Gasteiger partial charge >= 0.3 is 0 Å². The first-order valence-corrected chi connectivity index (χ1v) is 6.44. The Kier molecular flexibility index (Phi) is 3.01. The Hall–Kier alpha value is -2.63. The summed E-state index contributed by atoms with van der Waals surface area (Å²) in [6, 6.07) is 5.23. The summed E-state index contributed by atoms with van der Waals surface area (Å²) >= 11 is 0. The zero-order valence-electron chi connectivity index (χ0n) is 10.9. The van der Waals surface area contributed by atoms with Crippen LogP contribution in [0.25, 0.3) is 11.3 Å². The molecule has 0 bridgehead atoms. The first-order valence-electron chi connectivity index (χ1n) is 6.44. The summed E-state index contributed by atoms with van der Waals surface area (Å²) in [6.45, 7) is 0.510. The van der Waals surface area contributed by atoms with Crippen molar-refractivity contribution in [2.45, 2.75) is 19.4 Å². The van der Waals surface area contributed by atoms with E-state index in [9.17, 15) is 24.2 Å². The number of fused-ring (bicyclic) bond motifs is 1. The molecule has 2 heterocycles. The van der Waals surface area contributed by atoms with Gasteiger partial charge in [0.25, 0.3) is 0 Å². The Morgan fingerprint density at radius 3 is 2.24 bits per heavy atom. The molecule has 0 unspecified atom stereocenters. The van der Waals surface area contributed by atoms with Gasteiger partial charge in [-0.15, -0.1) is 0 Å². The molecule has 1 aliphatic rings. The predicted octanol–water partition coefficient (Wildman–Crippen LogP) is -0.0326. The van der Waals surface area contributed by atoms with E-state index < -0.39 is 23.3 Å². The highest BCUT2D eigenvalue weighted by Gasteiger charge is 2.27. The van der Waals surface area contributed by atoms with E-state index in [4.69, 9.17) is 0 Å².